The molecule has 0 saturated carbocycles. The maximum atomic E-state index is 12.0. The number of furan rings is 1. The molecule has 0 aromatic carbocycles. The van der Waals surface area contributed by atoms with Crippen LogP contribution in [0.1, 0.15) is 45.2 Å². The SMILES string of the molecule is CC(C)S(=O)(=O)CCCCCC(=O)Cc1cc(-c2ccco2)n[nH]1. The summed E-state index contributed by atoms with van der Waals surface area (Å²) in [6, 6.07) is 5.41. The molecule has 24 heavy (non-hydrogen) atoms. The van der Waals surface area contributed by atoms with Gasteiger partial charge in [-0.2, -0.15) is 5.10 Å². The Morgan fingerprint density at radius 3 is 2.75 bits per heavy atom. The van der Waals surface area contributed by atoms with Gasteiger partial charge in [-0.1, -0.05) is 6.42 Å². The van der Waals surface area contributed by atoms with Gasteiger partial charge in [0.15, 0.2) is 15.6 Å². The maximum absolute atomic E-state index is 12.0. The number of nitrogens with zero attached hydrogens (tertiary/aromatic N) is 1. The van der Waals surface area contributed by atoms with E-state index in [1.54, 1.807) is 26.2 Å². The van der Waals surface area contributed by atoms with Gasteiger partial charge in [0.05, 0.1) is 17.3 Å². The monoisotopic (exact) mass is 352 g/mol. The number of ketones is 1. The highest BCUT2D eigenvalue weighted by atomic mass is 32.2. The first kappa shape index (κ1) is 18.4. The van der Waals surface area contributed by atoms with Gasteiger partial charge in [0.25, 0.3) is 0 Å². The number of Topliss-reactive ketones (excluding diaryl/α,β-unsaturated/α-hetero) is 1. The second kappa shape index (κ2) is 8.28. The van der Waals surface area contributed by atoms with E-state index in [0.29, 0.717) is 37.1 Å². The fourth-order valence-corrected chi connectivity index (χ4v) is 3.42. The largest absolute Gasteiger partial charge is 0.463 e. The number of H-pyrrole nitrogens is 1. The summed E-state index contributed by atoms with van der Waals surface area (Å²) in [4.78, 5) is 12.0. The molecule has 6 nitrogen and oxygen atoms in total. The van der Waals surface area contributed by atoms with Crippen LogP contribution in [-0.4, -0.2) is 35.4 Å². The highest BCUT2D eigenvalue weighted by molar-refractivity contribution is 7.91. The molecule has 2 aromatic rings. The lowest BCUT2D eigenvalue weighted by Gasteiger charge is -2.06. The highest BCUT2D eigenvalue weighted by Gasteiger charge is 2.15. The van der Waals surface area contributed by atoms with E-state index in [-0.39, 0.29) is 16.8 Å². The predicted molar refractivity (Wildman–Crippen MR) is 92.4 cm³/mol. The molecule has 0 unspecified atom stereocenters. The number of rotatable bonds is 10. The van der Waals surface area contributed by atoms with E-state index in [1.165, 1.54) is 0 Å². The summed E-state index contributed by atoms with van der Waals surface area (Å²) in [6.07, 6.45) is 4.41. The Labute approximate surface area is 142 Å². The molecule has 0 spiro atoms. The average molecular weight is 352 g/mol. The van der Waals surface area contributed by atoms with Gasteiger partial charge in [-0.3, -0.25) is 9.89 Å². The Morgan fingerprint density at radius 1 is 1.29 bits per heavy atom. The Kier molecular flexibility index (Phi) is 6.36. The van der Waals surface area contributed by atoms with Crippen molar-refractivity contribution in [1.29, 1.82) is 0 Å². The van der Waals surface area contributed by atoms with Gasteiger partial charge in [-0.15, -0.1) is 0 Å². The number of carbonyl (C=O) groups excluding carboxylic acids is 1. The first-order valence-corrected chi connectivity index (χ1v) is 9.91. The van der Waals surface area contributed by atoms with Crippen LogP contribution in [0.4, 0.5) is 0 Å². The molecule has 0 amide bonds. The smallest absolute Gasteiger partial charge is 0.154 e. The first-order chi connectivity index (χ1) is 11.4. The third-order valence-electron chi connectivity index (χ3n) is 3.89. The minimum absolute atomic E-state index is 0.122. The zero-order chi connectivity index (χ0) is 17.6. The predicted octanol–water partition coefficient (Wildman–Crippen LogP) is 3.16. The third-order valence-corrected chi connectivity index (χ3v) is 6.19. The molecule has 0 aliphatic heterocycles. The number of sulfone groups is 1. The minimum Gasteiger partial charge on any atom is -0.463 e. The lowest BCUT2D eigenvalue weighted by Crippen LogP contribution is -2.17. The van der Waals surface area contributed by atoms with Crippen molar-refractivity contribution >= 4 is 15.6 Å². The summed E-state index contributed by atoms with van der Waals surface area (Å²) in [5.41, 5.74) is 1.44. The molecule has 0 atom stereocenters. The van der Waals surface area contributed by atoms with Crippen LogP contribution in [0, 0.1) is 0 Å². The number of unbranched alkanes of at least 4 members (excludes halogenated alkanes) is 2. The van der Waals surface area contributed by atoms with E-state index in [1.807, 2.05) is 12.1 Å². The summed E-state index contributed by atoms with van der Waals surface area (Å²) in [6.45, 7) is 3.39. The minimum atomic E-state index is -2.97. The zero-order valence-electron chi connectivity index (χ0n) is 14.1. The van der Waals surface area contributed by atoms with Crippen LogP contribution < -0.4 is 0 Å². The van der Waals surface area contributed by atoms with Gasteiger partial charge in [0, 0.05) is 18.5 Å². The fourth-order valence-electron chi connectivity index (χ4n) is 2.34. The van der Waals surface area contributed by atoms with E-state index in [2.05, 4.69) is 10.2 Å². The molecule has 0 fully saturated rings. The number of aromatic nitrogens is 2. The molecule has 0 bridgehead atoms. The van der Waals surface area contributed by atoms with Crippen LogP contribution >= 0.6 is 0 Å². The van der Waals surface area contributed by atoms with Gasteiger partial charge >= 0.3 is 0 Å². The quantitative estimate of drug-likeness (QED) is 0.663. The Hall–Kier alpha value is -1.89. The molecule has 132 valence electrons. The zero-order valence-corrected chi connectivity index (χ0v) is 14.9. The molecule has 2 aromatic heterocycles. The number of nitrogens with one attached hydrogen (secondary N) is 1. The van der Waals surface area contributed by atoms with E-state index in [4.69, 9.17) is 4.42 Å². The summed E-state index contributed by atoms with van der Waals surface area (Å²) < 4.78 is 28.6. The summed E-state index contributed by atoms with van der Waals surface area (Å²) in [5.74, 6) is 0.985. The van der Waals surface area contributed by atoms with Gasteiger partial charge in [-0.05, 0) is 44.9 Å². The van der Waals surface area contributed by atoms with Gasteiger partial charge in [0.2, 0.25) is 0 Å². The third kappa shape index (κ3) is 5.33. The Morgan fingerprint density at radius 2 is 2.08 bits per heavy atom. The van der Waals surface area contributed by atoms with Crippen molar-refractivity contribution in [3.8, 4) is 11.5 Å². The highest BCUT2D eigenvalue weighted by Crippen LogP contribution is 2.18. The fraction of sp³-hybridized carbons (Fsp3) is 0.529. The normalized spacial score (nSPS) is 12.0. The number of hydrogen-bond acceptors (Lipinski definition) is 5. The van der Waals surface area contributed by atoms with Crippen molar-refractivity contribution in [1.82, 2.24) is 10.2 Å². The molecule has 2 rings (SSSR count). The number of carbonyl (C=O) groups is 1. The van der Waals surface area contributed by atoms with Crippen molar-refractivity contribution in [3.63, 3.8) is 0 Å². The number of aromatic amines is 1. The van der Waals surface area contributed by atoms with Crippen molar-refractivity contribution in [2.24, 2.45) is 0 Å². The molecular formula is C17H24N2O4S. The van der Waals surface area contributed by atoms with Crippen LogP contribution in [0.15, 0.2) is 28.9 Å². The molecule has 0 radical (unpaired) electrons. The van der Waals surface area contributed by atoms with E-state index in [9.17, 15) is 13.2 Å². The first-order valence-electron chi connectivity index (χ1n) is 8.20. The maximum Gasteiger partial charge on any atom is 0.154 e. The van der Waals surface area contributed by atoms with E-state index in [0.717, 1.165) is 12.1 Å². The van der Waals surface area contributed by atoms with Crippen molar-refractivity contribution in [2.75, 3.05) is 5.75 Å². The second-order valence-corrected chi connectivity index (χ2v) is 8.87. The molecule has 0 saturated heterocycles. The van der Waals surface area contributed by atoms with Gasteiger partial charge < -0.3 is 4.42 Å². The van der Waals surface area contributed by atoms with Crippen LogP contribution in [0.2, 0.25) is 0 Å². The molecule has 0 aliphatic carbocycles. The summed E-state index contributed by atoms with van der Waals surface area (Å²) in [5, 5.41) is 6.65. The van der Waals surface area contributed by atoms with Crippen molar-refractivity contribution in [2.45, 2.75) is 51.2 Å². The summed E-state index contributed by atoms with van der Waals surface area (Å²) >= 11 is 0. The van der Waals surface area contributed by atoms with Gasteiger partial charge in [0.1, 0.15) is 11.5 Å². The van der Waals surface area contributed by atoms with Crippen LogP contribution in [0.3, 0.4) is 0 Å². The topological polar surface area (TPSA) is 93.0 Å². The van der Waals surface area contributed by atoms with Gasteiger partial charge in [-0.25, -0.2) is 8.42 Å². The van der Waals surface area contributed by atoms with Crippen molar-refractivity contribution in [3.05, 3.63) is 30.2 Å². The van der Waals surface area contributed by atoms with Crippen LogP contribution in [-0.2, 0) is 21.1 Å². The second-order valence-electron chi connectivity index (χ2n) is 6.20. The van der Waals surface area contributed by atoms with Crippen LogP contribution in [0.5, 0.6) is 0 Å². The molecular weight excluding hydrogens is 328 g/mol. The molecule has 1 N–H and O–H groups in total. The Balaban J connectivity index is 1.69. The average Bonchev–Trinajstić information content (AvgIpc) is 3.17. The van der Waals surface area contributed by atoms with E-state index < -0.39 is 9.84 Å². The van der Waals surface area contributed by atoms with E-state index >= 15 is 0 Å². The lowest BCUT2D eigenvalue weighted by atomic mass is 10.1. The molecule has 0 aliphatic rings. The van der Waals surface area contributed by atoms with Crippen molar-refractivity contribution < 1.29 is 17.6 Å². The standard InChI is InChI=1S/C17H24N2O4S/c1-13(2)24(21,22)10-5-3-4-7-15(20)11-14-12-16(19-18-14)17-8-6-9-23-17/h6,8-9,12-13H,3-5,7,10-11H2,1-2H3,(H,18,19). The summed E-state index contributed by atoms with van der Waals surface area (Å²) in [7, 11) is -2.97. The number of hydrogen-bond donors (Lipinski definition) is 1. The van der Waals surface area contributed by atoms with Crippen LogP contribution in [0.25, 0.3) is 11.5 Å². The lowest BCUT2D eigenvalue weighted by molar-refractivity contribution is -0.118. The molecule has 2 heterocycles. The molecule has 7 heteroatoms. The Bertz CT molecular complexity index is 745.